The summed E-state index contributed by atoms with van der Waals surface area (Å²) in [5, 5.41) is 2.76. The van der Waals surface area contributed by atoms with E-state index in [1.165, 1.54) is 37.3 Å². The Balaban J connectivity index is 2.10. The van der Waals surface area contributed by atoms with Crippen LogP contribution in [0.25, 0.3) is 0 Å². The van der Waals surface area contributed by atoms with Crippen molar-refractivity contribution in [3.8, 4) is 11.5 Å². The highest BCUT2D eigenvalue weighted by atomic mass is 32.2. The summed E-state index contributed by atoms with van der Waals surface area (Å²) >= 11 is 0. The van der Waals surface area contributed by atoms with E-state index in [0.717, 1.165) is 21.0 Å². The first-order valence-electron chi connectivity index (χ1n) is 13.0. The van der Waals surface area contributed by atoms with E-state index in [1.807, 2.05) is 38.1 Å². The third-order valence-corrected chi connectivity index (χ3v) is 8.45. The van der Waals surface area contributed by atoms with E-state index >= 15 is 0 Å². The van der Waals surface area contributed by atoms with Gasteiger partial charge in [-0.25, -0.2) is 8.42 Å². The first kappa shape index (κ1) is 30.5. The fraction of sp³-hybridized carbons (Fsp3) is 0.333. The van der Waals surface area contributed by atoms with Crippen molar-refractivity contribution in [1.29, 1.82) is 0 Å². The second-order valence-corrected chi connectivity index (χ2v) is 11.2. The van der Waals surface area contributed by atoms with Crippen LogP contribution in [-0.4, -0.2) is 58.5 Å². The minimum atomic E-state index is -4.19. The number of carbonyl (C=O) groups is 2. The molecule has 9 nitrogen and oxygen atoms in total. The van der Waals surface area contributed by atoms with E-state index in [2.05, 4.69) is 5.32 Å². The van der Waals surface area contributed by atoms with Crippen LogP contribution >= 0.6 is 0 Å². The number of methoxy groups -OCH3 is 2. The standard InChI is InChI=1S/C30H37N3O6S/c1-7-31-30(35)23(4)32(19-24-11-9-8-10-22(24)3)29(34)20-33(25-14-17-27(38-5)28(18-25)39-6)40(36,37)26-15-12-21(2)13-16-26/h8-18,23H,7,19-20H2,1-6H3,(H,31,35)/t23-/m1/s1. The van der Waals surface area contributed by atoms with Crippen molar-refractivity contribution in [2.24, 2.45) is 0 Å². The van der Waals surface area contributed by atoms with Gasteiger partial charge in [0.1, 0.15) is 12.6 Å². The smallest absolute Gasteiger partial charge is 0.264 e. The van der Waals surface area contributed by atoms with Crippen LogP contribution < -0.4 is 19.1 Å². The average molecular weight is 568 g/mol. The third kappa shape index (κ3) is 6.93. The van der Waals surface area contributed by atoms with Gasteiger partial charge in [0.25, 0.3) is 10.0 Å². The molecule has 0 bridgehead atoms. The molecule has 2 amide bonds. The number of benzene rings is 3. The molecule has 214 valence electrons. The number of hydrogen-bond donors (Lipinski definition) is 1. The molecule has 3 rings (SSSR count). The minimum Gasteiger partial charge on any atom is -0.493 e. The lowest BCUT2D eigenvalue weighted by Gasteiger charge is -2.32. The average Bonchev–Trinajstić information content (AvgIpc) is 2.94. The first-order chi connectivity index (χ1) is 19.0. The van der Waals surface area contributed by atoms with Crippen molar-refractivity contribution in [2.45, 2.75) is 45.2 Å². The van der Waals surface area contributed by atoms with Gasteiger partial charge in [-0.3, -0.25) is 13.9 Å². The lowest BCUT2D eigenvalue weighted by molar-refractivity contribution is -0.139. The van der Waals surface area contributed by atoms with Gasteiger partial charge in [-0.05, 0) is 63.1 Å². The monoisotopic (exact) mass is 567 g/mol. The first-order valence-corrected chi connectivity index (χ1v) is 14.4. The van der Waals surface area contributed by atoms with Crippen LogP contribution in [0, 0.1) is 13.8 Å². The van der Waals surface area contributed by atoms with Gasteiger partial charge in [0.15, 0.2) is 11.5 Å². The summed E-state index contributed by atoms with van der Waals surface area (Å²) in [6.07, 6.45) is 0. The van der Waals surface area contributed by atoms with Gasteiger partial charge in [-0.2, -0.15) is 0 Å². The summed E-state index contributed by atoms with van der Waals surface area (Å²) in [7, 11) is -1.26. The largest absolute Gasteiger partial charge is 0.493 e. The number of aryl methyl sites for hydroxylation is 2. The highest BCUT2D eigenvalue weighted by Gasteiger charge is 2.33. The number of nitrogens with one attached hydrogen (secondary N) is 1. The molecule has 3 aromatic rings. The summed E-state index contributed by atoms with van der Waals surface area (Å²) in [5.74, 6) is -0.142. The Bertz CT molecular complexity index is 1440. The Morgan fingerprint density at radius 3 is 2.17 bits per heavy atom. The van der Waals surface area contributed by atoms with Crippen molar-refractivity contribution in [1.82, 2.24) is 10.2 Å². The topological polar surface area (TPSA) is 105 Å². The second-order valence-electron chi connectivity index (χ2n) is 9.38. The molecule has 0 radical (unpaired) electrons. The molecule has 1 N–H and O–H groups in total. The Morgan fingerprint density at radius 1 is 0.925 bits per heavy atom. The number of ether oxygens (including phenoxy) is 2. The summed E-state index contributed by atoms with van der Waals surface area (Å²) < 4.78 is 39.7. The van der Waals surface area contributed by atoms with Crippen molar-refractivity contribution in [3.63, 3.8) is 0 Å². The fourth-order valence-corrected chi connectivity index (χ4v) is 5.63. The van der Waals surface area contributed by atoms with E-state index in [1.54, 1.807) is 38.1 Å². The normalized spacial score (nSPS) is 11.8. The van der Waals surface area contributed by atoms with Crippen LogP contribution in [0.4, 0.5) is 5.69 Å². The lowest BCUT2D eigenvalue weighted by Crippen LogP contribution is -2.51. The molecule has 0 aliphatic carbocycles. The number of anilines is 1. The molecule has 0 heterocycles. The van der Waals surface area contributed by atoms with Gasteiger partial charge in [0, 0.05) is 19.2 Å². The molecule has 0 aliphatic heterocycles. The predicted octanol–water partition coefficient (Wildman–Crippen LogP) is 4.07. The molecule has 3 aromatic carbocycles. The maximum absolute atomic E-state index is 14.0. The molecule has 0 saturated carbocycles. The zero-order valence-electron chi connectivity index (χ0n) is 23.8. The molecule has 0 aliphatic rings. The van der Waals surface area contributed by atoms with E-state index in [-0.39, 0.29) is 23.0 Å². The van der Waals surface area contributed by atoms with Gasteiger partial charge >= 0.3 is 0 Å². The Hall–Kier alpha value is -4.05. The molecule has 0 saturated heterocycles. The van der Waals surface area contributed by atoms with E-state index in [9.17, 15) is 18.0 Å². The van der Waals surface area contributed by atoms with Gasteiger partial charge < -0.3 is 19.7 Å². The maximum atomic E-state index is 14.0. The van der Waals surface area contributed by atoms with E-state index in [0.29, 0.717) is 18.0 Å². The molecular weight excluding hydrogens is 530 g/mol. The number of sulfonamides is 1. The number of nitrogens with zero attached hydrogens (tertiary/aromatic N) is 2. The van der Waals surface area contributed by atoms with Crippen molar-refractivity contribution in [3.05, 3.63) is 83.4 Å². The number of rotatable bonds is 12. The number of amides is 2. The van der Waals surface area contributed by atoms with Gasteiger partial charge in [-0.1, -0.05) is 42.0 Å². The van der Waals surface area contributed by atoms with Gasteiger partial charge in [0.05, 0.1) is 24.8 Å². The zero-order valence-corrected chi connectivity index (χ0v) is 24.6. The molecule has 0 aromatic heterocycles. The summed E-state index contributed by atoms with van der Waals surface area (Å²) in [5.41, 5.74) is 2.92. The van der Waals surface area contributed by atoms with Crippen molar-refractivity contribution >= 4 is 27.5 Å². The van der Waals surface area contributed by atoms with E-state index < -0.39 is 28.5 Å². The Kier molecular flexibility index (Phi) is 10.2. The molecule has 10 heteroatoms. The number of likely N-dealkylation sites (N-methyl/N-ethyl adjacent to an activating group) is 1. The van der Waals surface area contributed by atoms with Crippen LogP contribution in [0.2, 0.25) is 0 Å². The summed E-state index contributed by atoms with van der Waals surface area (Å²) in [4.78, 5) is 28.3. The molecule has 1 atom stereocenters. The molecular formula is C30H37N3O6S. The highest BCUT2D eigenvalue weighted by Crippen LogP contribution is 2.34. The van der Waals surface area contributed by atoms with Crippen LogP contribution in [0.15, 0.2) is 71.6 Å². The van der Waals surface area contributed by atoms with E-state index in [4.69, 9.17) is 9.47 Å². The summed E-state index contributed by atoms with van der Waals surface area (Å²) in [6.45, 7) is 7.21. The summed E-state index contributed by atoms with van der Waals surface area (Å²) in [6, 6.07) is 17.8. The van der Waals surface area contributed by atoms with Crippen LogP contribution in [0.1, 0.15) is 30.5 Å². The molecule has 40 heavy (non-hydrogen) atoms. The van der Waals surface area contributed by atoms with Crippen LogP contribution in [0.5, 0.6) is 11.5 Å². The predicted molar refractivity (Wildman–Crippen MR) is 155 cm³/mol. The Labute approximate surface area is 236 Å². The third-order valence-electron chi connectivity index (χ3n) is 6.66. The van der Waals surface area contributed by atoms with Crippen molar-refractivity contribution < 1.29 is 27.5 Å². The SMILES string of the molecule is CCNC(=O)[C@@H](C)N(Cc1ccccc1C)C(=O)CN(c1ccc(OC)c(OC)c1)S(=O)(=O)c1ccc(C)cc1. The lowest BCUT2D eigenvalue weighted by atomic mass is 10.1. The molecule has 0 fully saturated rings. The van der Waals surface area contributed by atoms with Crippen LogP contribution in [-0.2, 0) is 26.2 Å². The highest BCUT2D eigenvalue weighted by molar-refractivity contribution is 7.92. The molecule has 0 unspecified atom stereocenters. The number of hydrogen-bond acceptors (Lipinski definition) is 6. The zero-order chi connectivity index (χ0) is 29.4. The second kappa shape index (κ2) is 13.3. The molecule has 0 spiro atoms. The quantitative estimate of drug-likeness (QED) is 0.354. The Morgan fingerprint density at radius 2 is 1.57 bits per heavy atom. The van der Waals surface area contributed by atoms with Gasteiger partial charge in [0.2, 0.25) is 11.8 Å². The fourth-order valence-electron chi connectivity index (χ4n) is 4.22. The maximum Gasteiger partial charge on any atom is 0.264 e. The van der Waals surface area contributed by atoms with Gasteiger partial charge in [-0.15, -0.1) is 0 Å². The minimum absolute atomic E-state index is 0.0305. The van der Waals surface area contributed by atoms with Crippen molar-refractivity contribution in [2.75, 3.05) is 31.6 Å². The number of carbonyl (C=O) groups excluding carboxylic acids is 2. The van der Waals surface area contributed by atoms with Crippen LogP contribution in [0.3, 0.4) is 0 Å².